The third-order valence-electron chi connectivity index (χ3n) is 8.94. The Morgan fingerprint density at radius 3 is 0.904 bits per heavy atom. The zero-order valence-electron chi connectivity index (χ0n) is 30.9. The minimum Gasteiger partial charge on any atom is -0.379 e. The first-order valence-corrected chi connectivity index (χ1v) is 21.1. The molecular weight excluding hydrogens is 713 g/mol. The summed E-state index contributed by atoms with van der Waals surface area (Å²) < 4.78 is 91.9. The normalized spacial score (nSPS) is 23.9. The molecule has 2 aromatic rings. The van der Waals surface area contributed by atoms with Gasteiger partial charge in [-0.05, 0) is 38.1 Å². The van der Waals surface area contributed by atoms with Crippen LogP contribution in [0, 0.1) is 13.8 Å². The molecule has 2 heterocycles. The van der Waals surface area contributed by atoms with Crippen molar-refractivity contribution in [2.75, 3.05) is 145 Å². The predicted molar refractivity (Wildman–Crippen MR) is 198 cm³/mol. The lowest BCUT2D eigenvalue weighted by atomic mass is 10.2. The summed E-state index contributed by atoms with van der Waals surface area (Å²) in [5.41, 5.74) is 1.98. The summed E-state index contributed by atoms with van der Waals surface area (Å²) in [5, 5.41) is 0. The Kier molecular flexibility index (Phi) is 18.9. The quantitative estimate of drug-likeness (QED) is 0.448. The van der Waals surface area contributed by atoms with Crippen LogP contribution in [0.15, 0.2) is 58.3 Å². The van der Waals surface area contributed by atoms with Gasteiger partial charge in [0, 0.05) is 65.4 Å². The van der Waals surface area contributed by atoms with E-state index in [4.69, 9.17) is 28.4 Å². The van der Waals surface area contributed by atoms with E-state index >= 15 is 0 Å². The summed E-state index contributed by atoms with van der Waals surface area (Å²) in [7, 11) is -7.43. The van der Waals surface area contributed by atoms with E-state index in [9.17, 15) is 16.8 Å². The number of hydrogen-bond donors (Lipinski definition) is 0. The highest BCUT2D eigenvalue weighted by Crippen LogP contribution is 2.18. The molecule has 52 heavy (non-hydrogen) atoms. The van der Waals surface area contributed by atoms with Crippen LogP contribution in [0.3, 0.4) is 0 Å². The minimum absolute atomic E-state index is 0.193. The molecule has 0 amide bonds. The number of ether oxygens (including phenoxy) is 6. The van der Waals surface area contributed by atoms with Gasteiger partial charge in [-0.2, -0.15) is 8.61 Å². The van der Waals surface area contributed by atoms with Gasteiger partial charge in [0.2, 0.25) is 20.0 Å². The summed E-state index contributed by atoms with van der Waals surface area (Å²) in [4.78, 5) is 5.06. The Morgan fingerprint density at radius 1 is 0.365 bits per heavy atom. The van der Waals surface area contributed by atoms with Crippen molar-refractivity contribution in [3.8, 4) is 0 Å². The van der Waals surface area contributed by atoms with Crippen LogP contribution in [-0.2, 0) is 48.5 Å². The first-order chi connectivity index (χ1) is 25.2. The molecule has 2 aliphatic heterocycles. The Morgan fingerprint density at radius 2 is 0.615 bits per heavy atom. The topological polar surface area (TPSA) is 137 Å². The van der Waals surface area contributed by atoms with Crippen molar-refractivity contribution in [3.63, 3.8) is 0 Å². The Bertz CT molecular complexity index is 1460. The second-order valence-electron chi connectivity index (χ2n) is 12.8. The van der Waals surface area contributed by atoms with E-state index in [1.807, 2.05) is 13.8 Å². The van der Waals surface area contributed by atoms with Gasteiger partial charge in [-0.3, -0.25) is 9.80 Å². The Labute approximate surface area is 310 Å². The van der Waals surface area contributed by atoms with Gasteiger partial charge >= 0.3 is 0 Å². The lowest BCUT2D eigenvalue weighted by Gasteiger charge is -2.27. The van der Waals surface area contributed by atoms with Crippen LogP contribution in [0.25, 0.3) is 0 Å². The Balaban J connectivity index is 1.34. The van der Waals surface area contributed by atoms with E-state index in [0.717, 1.165) is 24.2 Å². The largest absolute Gasteiger partial charge is 0.379 e. The van der Waals surface area contributed by atoms with Crippen molar-refractivity contribution in [2.45, 2.75) is 23.6 Å². The molecule has 16 heteroatoms. The molecule has 0 N–H and O–H groups in total. The maximum absolute atomic E-state index is 13.5. The average molecular weight is 771 g/mol. The molecule has 0 radical (unpaired) electrons. The van der Waals surface area contributed by atoms with Crippen molar-refractivity contribution < 1.29 is 45.3 Å². The maximum atomic E-state index is 13.5. The minimum atomic E-state index is -3.72. The van der Waals surface area contributed by atoms with Crippen molar-refractivity contribution in [1.82, 2.24) is 18.4 Å². The first-order valence-electron chi connectivity index (χ1n) is 18.2. The van der Waals surface area contributed by atoms with Crippen LogP contribution in [0.1, 0.15) is 11.1 Å². The van der Waals surface area contributed by atoms with Gasteiger partial charge in [-0.1, -0.05) is 35.4 Å². The summed E-state index contributed by atoms with van der Waals surface area (Å²) in [6.07, 6.45) is 0. The summed E-state index contributed by atoms with van der Waals surface area (Å²) in [5.74, 6) is 0. The standard InChI is InChI=1S/C36H58N4O10S2/c1-33-3-7-35(8-4-33)51(41,42)39-17-25-45-21-13-37-11-12-38(14-22-46-26-18-39)16-24-48-30-32-50-28-20-40(19-27-49-31-29-47-23-15-37)52(43,44)36-9-5-34(2)6-10-36/h3-10H,11-32H2,1-2H3. The number of fused-ring (bicyclic) bond motifs is 3. The summed E-state index contributed by atoms with van der Waals surface area (Å²) >= 11 is 0. The molecule has 2 fully saturated rings. The lowest BCUT2D eigenvalue weighted by molar-refractivity contribution is 0.0283. The molecule has 0 spiro atoms. The molecule has 4 rings (SSSR count). The number of hydrogen-bond acceptors (Lipinski definition) is 12. The van der Waals surface area contributed by atoms with E-state index in [1.54, 1.807) is 48.5 Å². The van der Waals surface area contributed by atoms with E-state index in [-0.39, 0.29) is 62.4 Å². The van der Waals surface area contributed by atoms with Crippen molar-refractivity contribution in [3.05, 3.63) is 59.7 Å². The van der Waals surface area contributed by atoms with Crippen LogP contribution < -0.4 is 0 Å². The lowest BCUT2D eigenvalue weighted by Crippen LogP contribution is -2.41. The van der Waals surface area contributed by atoms with Gasteiger partial charge in [0.05, 0.1) is 89.1 Å². The van der Waals surface area contributed by atoms with Crippen LogP contribution in [-0.4, -0.2) is 180 Å². The third kappa shape index (κ3) is 14.6. The van der Waals surface area contributed by atoms with E-state index < -0.39 is 20.0 Å². The van der Waals surface area contributed by atoms with Crippen molar-refractivity contribution >= 4 is 20.0 Å². The molecule has 0 aromatic heterocycles. The predicted octanol–water partition coefficient (Wildman–Crippen LogP) is 1.72. The van der Waals surface area contributed by atoms with Gasteiger partial charge in [0.1, 0.15) is 0 Å². The molecule has 2 saturated heterocycles. The van der Waals surface area contributed by atoms with Crippen molar-refractivity contribution in [2.24, 2.45) is 0 Å². The van der Waals surface area contributed by atoms with E-state index in [1.165, 1.54) is 8.61 Å². The second-order valence-corrected chi connectivity index (χ2v) is 16.7. The highest BCUT2D eigenvalue weighted by molar-refractivity contribution is 7.89. The smallest absolute Gasteiger partial charge is 0.243 e. The fraction of sp³-hybridized carbons (Fsp3) is 0.667. The number of sulfonamides is 2. The van der Waals surface area contributed by atoms with Gasteiger partial charge < -0.3 is 28.4 Å². The highest BCUT2D eigenvalue weighted by Gasteiger charge is 2.25. The van der Waals surface area contributed by atoms with Gasteiger partial charge in [0.25, 0.3) is 0 Å². The van der Waals surface area contributed by atoms with Crippen molar-refractivity contribution in [1.29, 1.82) is 0 Å². The van der Waals surface area contributed by atoms with Gasteiger partial charge in [-0.25, -0.2) is 16.8 Å². The molecule has 2 aliphatic rings. The number of benzene rings is 2. The molecule has 2 bridgehead atoms. The molecule has 2 aromatic carbocycles. The van der Waals surface area contributed by atoms with Gasteiger partial charge in [0.15, 0.2) is 0 Å². The van der Waals surface area contributed by atoms with E-state index in [2.05, 4.69) is 9.80 Å². The average Bonchev–Trinajstić information content (AvgIpc) is 3.13. The molecular formula is C36H58N4O10S2. The van der Waals surface area contributed by atoms with Gasteiger partial charge in [-0.15, -0.1) is 0 Å². The zero-order chi connectivity index (χ0) is 37.1. The zero-order valence-corrected chi connectivity index (χ0v) is 32.5. The molecule has 14 nitrogen and oxygen atoms in total. The molecule has 0 aliphatic carbocycles. The monoisotopic (exact) mass is 770 g/mol. The summed E-state index contributed by atoms with van der Waals surface area (Å²) in [6, 6.07) is 13.7. The van der Waals surface area contributed by atoms with Crippen LogP contribution in [0.4, 0.5) is 0 Å². The van der Waals surface area contributed by atoms with Crippen LogP contribution in [0.5, 0.6) is 0 Å². The maximum Gasteiger partial charge on any atom is 0.243 e. The van der Waals surface area contributed by atoms with E-state index in [0.29, 0.717) is 79.0 Å². The van der Waals surface area contributed by atoms with Crippen LogP contribution in [0.2, 0.25) is 0 Å². The molecule has 294 valence electrons. The molecule has 2 unspecified atom stereocenters. The fourth-order valence-corrected chi connectivity index (χ4v) is 8.48. The SMILES string of the molecule is Cc1ccc(S(=O)(=O)N2CCOCCOCCN3CCOCCN(S(=O)(=O)c4ccc(C)cc4)CCOCCN(CCOCCOCC2)CC3)cc1. The number of nitrogens with zero attached hydrogens (tertiary/aromatic N) is 4. The number of rotatable bonds is 4. The second kappa shape index (κ2) is 23.0. The fourth-order valence-electron chi connectivity index (χ4n) is 5.66. The summed E-state index contributed by atoms with van der Waals surface area (Å²) in [6.45, 7) is 13.2. The first kappa shape index (κ1) is 42.7. The number of aryl methyl sites for hydroxylation is 2. The molecule has 0 saturated carbocycles. The highest BCUT2D eigenvalue weighted by atomic mass is 32.2. The molecule has 2 atom stereocenters. The third-order valence-corrected chi connectivity index (χ3v) is 12.8. The van der Waals surface area contributed by atoms with Crippen LogP contribution >= 0.6 is 0 Å². The Hall–Kier alpha value is -2.06.